The van der Waals surface area contributed by atoms with Crippen LogP contribution in [0.1, 0.15) is 65.7 Å². The normalized spacial score (nSPS) is 14.1. The van der Waals surface area contributed by atoms with Crippen LogP contribution in [0.25, 0.3) is 11.0 Å². The molecule has 1 saturated heterocycles. The van der Waals surface area contributed by atoms with Crippen LogP contribution in [0.5, 0.6) is 11.5 Å². The van der Waals surface area contributed by atoms with E-state index < -0.39 is 5.82 Å². The average molecular weight is 735 g/mol. The number of hydrogen-bond donors (Lipinski definition) is 0. The number of piperidine rings is 1. The van der Waals surface area contributed by atoms with Crippen LogP contribution in [0.15, 0.2) is 71.6 Å². The molecule has 10 nitrogen and oxygen atoms in total. The van der Waals surface area contributed by atoms with Crippen LogP contribution in [-0.4, -0.2) is 63.4 Å². The van der Waals surface area contributed by atoms with Gasteiger partial charge in [-0.15, -0.1) is 0 Å². The highest BCUT2D eigenvalue weighted by Crippen LogP contribution is 2.29. The van der Waals surface area contributed by atoms with Gasteiger partial charge in [-0.1, -0.05) is 28.1 Å². The molecule has 0 atom stereocenters. The van der Waals surface area contributed by atoms with Crippen molar-refractivity contribution in [2.24, 2.45) is 0 Å². The van der Waals surface area contributed by atoms with Crippen molar-refractivity contribution in [1.82, 2.24) is 24.0 Å². The van der Waals surface area contributed by atoms with Gasteiger partial charge in [0, 0.05) is 36.9 Å². The van der Waals surface area contributed by atoms with Gasteiger partial charge in [-0.2, -0.15) is 0 Å². The molecule has 1 aliphatic rings. The molecule has 3 heterocycles. The molecule has 0 N–H and O–H groups in total. The predicted molar refractivity (Wildman–Crippen MR) is 187 cm³/mol. The number of nitrogens with zero attached hydrogens (tertiary/aromatic N) is 5. The minimum Gasteiger partial charge on any atom is -0.490 e. The van der Waals surface area contributed by atoms with E-state index in [9.17, 15) is 9.18 Å². The molecule has 5 aromatic rings. The Hall–Kier alpha value is -4.26. The lowest BCUT2D eigenvalue weighted by Crippen LogP contribution is -2.38. The maximum absolute atomic E-state index is 14.5. The summed E-state index contributed by atoms with van der Waals surface area (Å²) in [5.74, 6) is 1.06. The Morgan fingerprint density at radius 1 is 1.04 bits per heavy atom. The molecule has 0 amide bonds. The minimum absolute atomic E-state index is 0.0646. The second-order valence-corrected chi connectivity index (χ2v) is 13.4. The van der Waals surface area contributed by atoms with Crippen molar-refractivity contribution in [3.05, 3.63) is 106 Å². The largest absolute Gasteiger partial charge is 0.490 e. The monoisotopic (exact) mass is 733 g/mol. The number of benzene rings is 3. The summed E-state index contributed by atoms with van der Waals surface area (Å²) in [6, 6.07) is 16.6. The molecule has 0 radical (unpaired) electrons. The molecule has 0 unspecified atom stereocenters. The first-order chi connectivity index (χ1) is 23.7. The van der Waals surface area contributed by atoms with E-state index >= 15 is 0 Å². The fourth-order valence-corrected chi connectivity index (χ4v) is 6.62. The second kappa shape index (κ2) is 15.5. The third-order valence-corrected chi connectivity index (χ3v) is 9.51. The van der Waals surface area contributed by atoms with Crippen LogP contribution >= 0.6 is 15.9 Å². The van der Waals surface area contributed by atoms with E-state index in [4.69, 9.17) is 23.9 Å². The summed E-state index contributed by atoms with van der Waals surface area (Å²) in [4.78, 5) is 24.2. The number of likely N-dealkylation sites (tertiary alicyclic amines) is 1. The Morgan fingerprint density at radius 3 is 2.61 bits per heavy atom. The number of hydrogen-bond acceptors (Lipinski definition) is 8. The minimum atomic E-state index is -0.436. The summed E-state index contributed by atoms with van der Waals surface area (Å²) in [5, 5.41) is 0. The summed E-state index contributed by atoms with van der Waals surface area (Å²) in [6.07, 6.45) is 5.53. The van der Waals surface area contributed by atoms with Crippen molar-refractivity contribution < 1.29 is 28.1 Å². The molecule has 1 fully saturated rings. The molecule has 1 aliphatic heterocycles. The summed E-state index contributed by atoms with van der Waals surface area (Å²) in [5.41, 5.74) is 4.97. The fraction of sp³-hybridized carbons (Fsp3) is 0.378. The molecule has 0 bridgehead atoms. The number of aromatic nitrogens is 4. The molecule has 49 heavy (non-hydrogen) atoms. The summed E-state index contributed by atoms with van der Waals surface area (Å²) in [6.45, 7) is 7.76. The van der Waals surface area contributed by atoms with Gasteiger partial charge in [-0.25, -0.2) is 19.2 Å². The SMILES string of the molecule is COCc1cc(OCc2cccc(OC3CCN(Cc4nc5ccc(C(=O)OC)cc5n4Cc4cncn4C(C)C)CC3)c2)c(F)cc1Br. The van der Waals surface area contributed by atoms with Gasteiger partial charge in [0.05, 0.1) is 55.4 Å². The number of rotatable bonds is 13. The molecule has 0 spiro atoms. The van der Waals surface area contributed by atoms with Gasteiger partial charge in [0.15, 0.2) is 11.6 Å². The van der Waals surface area contributed by atoms with E-state index in [2.05, 4.69) is 48.8 Å². The summed E-state index contributed by atoms with van der Waals surface area (Å²) >= 11 is 3.38. The van der Waals surface area contributed by atoms with Crippen molar-refractivity contribution in [1.29, 1.82) is 0 Å². The number of carbonyl (C=O) groups is 1. The number of ether oxygens (including phenoxy) is 4. The topological polar surface area (TPSA) is 92.9 Å². The van der Waals surface area contributed by atoms with Crippen LogP contribution in [0.3, 0.4) is 0 Å². The highest BCUT2D eigenvalue weighted by atomic mass is 79.9. The maximum atomic E-state index is 14.5. The molecule has 3 aromatic carbocycles. The van der Waals surface area contributed by atoms with E-state index in [1.807, 2.05) is 48.9 Å². The zero-order valence-electron chi connectivity index (χ0n) is 28.2. The molecule has 258 valence electrons. The van der Waals surface area contributed by atoms with Gasteiger partial charge >= 0.3 is 5.97 Å². The van der Waals surface area contributed by atoms with Gasteiger partial charge in [0.1, 0.15) is 24.3 Å². The van der Waals surface area contributed by atoms with E-state index in [0.29, 0.717) is 29.7 Å². The van der Waals surface area contributed by atoms with Crippen molar-refractivity contribution in [2.75, 3.05) is 27.3 Å². The van der Waals surface area contributed by atoms with Crippen LogP contribution in [0.2, 0.25) is 0 Å². The lowest BCUT2D eigenvalue weighted by molar-refractivity contribution is 0.0601. The predicted octanol–water partition coefficient (Wildman–Crippen LogP) is 7.32. The number of halogens is 2. The van der Waals surface area contributed by atoms with E-state index in [1.165, 1.54) is 13.2 Å². The van der Waals surface area contributed by atoms with Crippen molar-refractivity contribution >= 4 is 32.9 Å². The standard InChI is InChI=1S/C37H41BrFN5O5/c1-24(2)44-23-40-18-28(44)19-43-34-15-26(37(45)47-4)8-9-33(34)41-36(43)20-42-12-10-29(11-13-42)49-30-7-5-6-25(14-30)21-48-35-16-27(22-46-3)31(38)17-32(35)39/h5-9,14-18,23-24,29H,10-13,19-22H2,1-4H3. The molecule has 0 aliphatic carbocycles. The second-order valence-electron chi connectivity index (χ2n) is 12.5. The highest BCUT2D eigenvalue weighted by Gasteiger charge is 2.24. The van der Waals surface area contributed by atoms with E-state index in [1.54, 1.807) is 19.2 Å². The number of esters is 1. The zero-order chi connectivity index (χ0) is 34.5. The van der Waals surface area contributed by atoms with Crippen LogP contribution in [0.4, 0.5) is 4.39 Å². The zero-order valence-corrected chi connectivity index (χ0v) is 29.8. The van der Waals surface area contributed by atoms with E-state index in [-0.39, 0.29) is 30.5 Å². The Labute approximate surface area is 293 Å². The Morgan fingerprint density at radius 2 is 1.86 bits per heavy atom. The summed E-state index contributed by atoms with van der Waals surface area (Å²) < 4.78 is 42.0. The van der Waals surface area contributed by atoms with Crippen LogP contribution < -0.4 is 9.47 Å². The molecular weight excluding hydrogens is 693 g/mol. The number of carbonyl (C=O) groups excluding carboxylic acids is 1. The quantitative estimate of drug-likeness (QED) is 0.116. The van der Waals surface area contributed by atoms with Gasteiger partial charge in [0.25, 0.3) is 0 Å². The third kappa shape index (κ3) is 8.14. The van der Waals surface area contributed by atoms with Crippen molar-refractivity contribution in [3.8, 4) is 11.5 Å². The fourth-order valence-electron chi connectivity index (χ4n) is 6.19. The third-order valence-electron chi connectivity index (χ3n) is 8.77. The van der Waals surface area contributed by atoms with Gasteiger partial charge < -0.3 is 28.1 Å². The first-order valence-electron chi connectivity index (χ1n) is 16.4. The Bertz CT molecular complexity index is 1920. The van der Waals surface area contributed by atoms with Crippen LogP contribution in [0, 0.1) is 5.82 Å². The number of fused-ring (bicyclic) bond motifs is 1. The average Bonchev–Trinajstić information content (AvgIpc) is 3.70. The molecule has 12 heteroatoms. The molecular formula is C37H41BrFN5O5. The highest BCUT2D eigenvalue weighted by molar-refractivity contribution is 9.10. The van der Waals surface area contributed by atoms with E-state index in [0.717, 1.165) is 65.4 Å². The Balaban J connectivity index is 1.10. The lowest BCUT2D eigenvalue weighted by atomic mass is 10.1. The molecule has 0 saturated carbocycles. The van der Waals surface area contributed by atoms with Crippen molar-refractivity contribution in [3.63, 3.8) is 0 Å². The first-order valence-corrected chi connectivity index (χ1v) is 17.2. The van der Waals surface area contributed by atoms with Gasteiger partial charge in [0.2, 0.25) is 0 Å². The lowest BCUT2D eigenvalue weighted by Gasteiger charge is -2.32. The Kier molecular flexibility index (Phi) is 11.0. The summed E-state index contributed by atoms with van der Waals surface area (Å²) in [7, 11) is 2.99. The number of imidazole rings is 2. The van der Waals surface area contributed by atoms with Gasteiger partial charge in [-0.3, -0.25) is 4.90 Å². The van der Waals surface area contributed by atoms with Crippen LogP contribution in [-0.2, 0) is 35.8 Å². The number of methoxy groups -OCH3 is 2. The van der Waals surface area contributed by atoms with Gasteiger partial charge in [-0.05, 0) is 80.3 Å². The first kappa shape index (κ1) is 34.6. The molecule has 6 rings (SSSR count). The smallest absolute Gasteiger partial charge is 0.337 e. The van der Waals surface area contributed by atoms with Crippen molar-refractivity contribution in [2.45, 2.75) is 65.1 Å². The maximum Gasteiger partial charge on any atom is 0.337 e. The molecule has 2 aromatic heterocycles.